The Morgan fingerprint density at radius 2 is 1.97 bits per heavy atom. The number of aryl methyl sites for hydroxylation is 2. The quantitative estimate of drug-likeness (QED) is 0.476. The molecule has 30 heavy (non-hydrogen) atoms. The number of amides is 1. The summed E-state index contributed by atoms with van der Waals surface area (Å²) in [4.78, 5) is 22.3. The van der Waals surface area contributed by atoms with Crippen LogP contribution in [0, 0.1) is 13.8 Å². The zero-order valence-electron chi connectivity index (χ0n) is 16.9. The lowest BCUT2D eigenvalue weighted by Crippen LogP contribution is -2.20. The summed E-state index contributed by atoms with van der Waals surface area (Å²) in [5.74, 6) is 0.904. The Kier molecular flexibility index (Phi) is 5.63. The molecule has 0 radical (unpaired) electrons. The third-order valence-corrected chi connectivity index (χ3v) is 5.62. The molecule has 0 atom stereocenters. The van der Waals surface area contributed by atoms with Crippen LogP contribution >= 0.6 is 11.3 Å². The molecule has 0 saturated heterocycles. The molecule has 2 heterocycles. The van der Waals surface area contributed by atoms with Crippen LogP contribution < -0.4 is 14.8 Å². The Labute approximate surface area is 178 Å². The first kappa shape index (κ1) is 19.8. The molecule has 0 aliphatic carbocycles. The predicted molar refractivity (Wildman–Crippen MR) is 119 cm³/mol. The molecule has 0 bridgehead atoms. The number of fused-ring (bicyclic) bond motifs is 1. The van der Waals surface area contributed by atoms with Crippen LogP contribution in [0.15, 0.2) is 54.7 Å². The summed E-state index contributed by atoms with van der Waals surface area (Å²) in [7, 11) is 1.58. The third kappa shape index (κ3) is 4.26. The number of nitrogens with zero attached hydrogens (tertiary/aromatic N) is 2. The van der Waals surface area contributed by atoms with E-state index in [1.54, 1.807) is 30.7 Å². The second kappa shape index (κ2) is 8.51. The van der Waals surface area contributed by atoms with Crippen molar-refractivity contribution in [1.29, 1.82) is 0 Å². The summed E-state index contributed by atoms with van der Waals surface area (Å²) >= 11 is 1.55. The summed E-state index contributed by atoms with van der Waals surface area (Å²) in [6.07, 6.45) is 1.77. The summed E-state index contributed by atoms with van der Waals surface area (Å²) in [5, 5.41) is 3.80. The average molecular weight is 420 g/mol. The van der Waals surface area contributed by atoms with Gasteiger partial charge in [0.05, 0.1) is 7.11 Å². The van der Waals surface area contributed by atoms with Gasteiger partial charge in [-0.2, -0.15) is 0 Å². The average Bonchev–Trinajstić information content (AvgIpc) is 3.18. The largest absolute Gasteiger partial charge is 0.493 e. The van der Waals surface area contributed by atoms with E-state index >= 15 is 0 Å². The number of hydrogen-bond donors (Lipinski definition) is 1. The number of rotatable bonds is 6. The Morgan fingerprint density at radius 1 is 1.10 bits per heavy atom. The molecule has 0 aliphatic heterocycles. The molecule has 6 nitrogen and oxygen atoms in total. The topological polar surface area (TPSA) is 73.3 Å². The van der Waals surface area contributed by atoms with Crippen molar-refractivity contribution in [2.75, 3.05) is 19.0 Å². The molecule has 1 amide bonds. The van der Waals surface area contributed by atoms with Crippen molar-refractivity contribution < 1.29 is 14.3 Å². The van der Waals surface area contributed by atoms with Crippen molar-refractivity contribution in [3.63, 3.8) is 0 Å². The minimum absolute atomic E-state index is 0.107. The normalized spacial score (nSPS) is 10.8. The molecule has 7 heteroatoms. The van der Waals surface area contributed by atoms with Gasteiger partial charge in [0.25, 0.3) is 5.91 Å². The second-order valence-electron chi connectivity index (χ2n) is 6.87. The van der Waals surface area contributed by atoms with Gasteiger partial charge in [-0.25, -0.2) is 9.97 Å². The van der Waals surface area contributed by atoms with Crippen molar-refractivity contribution in [2.45, 2.75) is 13.8 Å². The van der Waals surface area contributed by atoms with Crippen LogP contribution in [-0.2, 0) is 4.79 Å². The van der Waals surface area contributed by atoms with E-state index in [9.17, 15) is 4.79 Å². The molecule has 2 aromatic carbocycles. The van der Waals surface area contributed by atoms with Gasteiger partial charge in [-0.15, -0.1) is 0 Å². The predicted octanol–water partition coefficient (Wildman–Crippen LogP) is 5.00. The van der Waals surface area contributed by atoms with Crippen LogP contribution in [-0.4, -0.2) is 29.6 Å². The summed E-state index contributed by atoms with van der Waals surface area (Å²) in [6.45, 7) is 3.81. The van der Waals surface area contributed by atoms with E-state index in [2.05, 4.69) is 15.3 Å². The highest BCUT2D eigenvalue weighted by Gasteiger charge is 2.12. The summed E-state index contributed by atoms with van der Waals surface area (Å²) in [6, 6.07) is 15.3. The maximum Gasteiger partial charge on any atom is 0.262 e. The SMILES string of the molecule is COc1cc(C)ccc1OCC(=O)Nc1ccc(-c2nc3cccnc3s2)cc1C. The van der Waals surface area contributed by atoms with Crippen LogP contribution in [0.1, 0.15) is 11.1 Å². The minimum atomic E-state index is -0.238. The van der Waals surface area contributed by atoms with Gasteiger partial charge in [-0.3, -0.25) is 4.79 Å². The first-order chi connectivity index (χ1) is 14.5. The standard InChI is InChI=1S/C23H21N3O3S/c1-14-6-9-19(20(11-14)28-3)29-13-21(27)25-17-8-7-16(12-15(17)2)22-26-18-5-4-10-24-23(18)30-22/h4-12H,13H2,1-3H3,(H,25,27). The second-order valence-corrected chi connectivity index (χ2v) is 7.85. The number of ether oxygens (including phenoxy) is 2. The lowest BCUT2D eigenvalue weighted by Gasteiger charge is -2.12. The molecule has 0 spiro atoms. The van der Waals surface area contributed by atoms with Crippen LogP contribution in [0.4, 0.5) is 5.69 Å². The monoisotopic (exact) mass is 419 g/mol. The van der Waals surface area contributed by atoms with Gasteiger partial charge in [0.2, 0.25) is 0 Å². The number of aromatic nitrogens is 2. The number of methoxy groups -OCH3 is 1. The van der Waals surface area contributed by atoms with E-state index in [4.69, 9.17) is 9.47 Å². The molecule has 2 aromatic heterocycles. The molecule has 4 rings (SSSR count). The van der Waals surface area contributed by atoms with Gasteiger partial charge in [0, 0.05) is 17.4 Å². The lowest BCUT2D eigenvalue weighted by atomic mass is 10.1. The van der Waals surface area contributed by atoms with Gasteiger partial charge in [0.15, 0.2) is 18.1 Å². The van der Waals surface area contributed by atoms with Crippen molar-refractivity contribution in [3.05, 3.63) is 65.9 Å². The Hall–Kier alpha value is -3.45. The van der Waals surface area contributed by atoms with Gasteiger partial charge in [-0.05, 0) is 67.4 Å². The van der Waals surface area contributed by atoms with Crippen LogP contribution in [0.25, 0.3) is 20.9 Å². The lowest BCUT2D eigenvalue weighted by molar-refractivity contribution is -0.118. The number of benzene rings is 2. The van der Waals surface area contributed by atoms with Crippen molar-refractivity contribution in [2.24, 2.45) is 0 Å². The summed E-state index contributed by atoms with van der Waals surface area (Å²) in [5.41, 5.74) is 4.62. The van der Waals surface area contributed by atoms with Crippen molar-refractivity contribution in [3.8, 4) is 22.1 Å². The van der Waals surface area contributed by atoms with E-state index in [0.717, 1.165) is 37.7 Å². The number of carbonyl (C=O) groups excluding carboxylic acids is 1. The van der Waals surface area contributed by atoms with Gasteiger partial charge < -0.3 is 14.8 Å². The molecule has 1 N–H and O–H groups in total. The van der Waals surface area contributed by atoms with E-state index in [0.29, 0.717) is 11.5 Å². The molecule has 0 aliphatic rings. The number of hydrogen-bond acceptors (Lipinski definition) is 6. The highest BCUT2D eigenvalue weighted by Crippen LogP contribution is 2.31. The third-order valence-electron chi connectivity index (χ3n) is 4.59. The fourth-order valence-electron chi connectivity index (χ4n) is 3.05. The van der Waals surface area contributed by atoms with Crippen molar-refractivity contribution in [1.82, 2.24) is 9.97 Å². The maximum atomic E-state index is 12.4. The molecular weight excluding hydrogens is 398 g/mol. The van der Waals surface area contributed by atoms with Crippen LogP contribution in [0.3, 0.4) is 0 Å². The van der Waals surface area contributed by atoms with Gasteiger partial charge >= 0.3 is 0 Å². The van der Waals surface area contributed by atoms with Crippen molar-refractivity contribution >= 4 is 33.3 Å². The van der Waals surface area contributed by atoms with Gasteiger partial charge in [0.1, 0.15) is 15.4 Å². The summed E-state index contributed by atoms with van der Waals surface area (Å²) < 4.78 is 10.9. The van der Waals surface area contributed by atoms with E-state index in [1.807, 2.05) is 56.3 Å². The Morgan fingerprint density at radius 3 is 2.73 bits per heavy atom. The highest BCUT2D eigenvalue weighted by molar-refractivity contribution is 7.21. The molecule has 4 aromatic rings. The molecule has 0 fully saturated rings. The first-order valence-electron chi connectivity index (χ1n) is 9.43. The molecule has 0 saturated carbocycles. The Balaban J connectivity index is 1.44. The number of nitrogens with one attached hydrogen (secondary N) is 1. The number of thiazole rings is 1. The van der Waals surface area contributed by atoms with E-state index < -0.39 is 0 Å². The van der Waals surface area contributed by atoms with Crippen LogP contribution in [0.2, 0.25) is 0 Å². The maximum absolute atomic E-state index is 12.4. The first-order valence-corrected chi connectivity index (χ1v) is 10.2. The van der Waals surface area contributed by atoms with Gasteiger partial charge in [-0.1, -0.05) is 17.4 Å². The highest BCUT2D eigenvalue weighted by atomic mass is 32.1. The van der Waals surface area contributed by atoms with Crippen LogP contribution in [0.5, 0.6) is 11.5 Å². The number of anilines is 1. The van der Waals surface area contributed by atoms with E-state index in [-0.39, 0.29) is 12.5 Å². The fraction of sp³-hybridized carbons (Fsp3) is 0.174. The van der Waals surface area contributed by atoms with E-state index in [1.165, 1.54) is 0 Å². The smallest absolute Gasteiger partial charge is 0.262 e. The zero-order chi connectivity index (χ0) is 21.1. The molecular formula is C23H21N3O3S. The number of pyridine rings is 1. The fourth-order valence-corrected chi connectivity index (χ4v) is 3.96. The zero-order valence-corrected chi connectivity index (χ0v) is 17.7. The Bertz CT molecular complexity index is 1190. The molecule has 152 valence electrons. The molecule has 0 unspecified atom stereocenters. The minimum Gasteiger partial charge on any atom is -0.493 e. The number of carbonyl (C=O) groups is 1.